The van der Waals surface area contributed by atoms with Crippen molar-refractivity contribution in [3.05, 3.63) is 194 Å². The van der Waals surface area contributed by atoms with E-state index in [9.17, 15) is 0 Å². The Morgan fingerprint density at radius 1 is 0.377 bits per heavy atom. The average molecular weight is 677 g/mol. The van der Waals surface area contributed by atoms with E-state index >= 15 is 0 Å². The third-order valence-corrected chi connectivity index (χ3v) is 10.8. The van der Waals surface area contributed by atoms with Gasteiger partial charge >= 0.3 is 0 Å². The maximum absolute atomic E-state index is 6.69. The van der Waals surface area contributed by atoms with Crippen LogP contribution >= 0.6 is 0 Å². The predicted octanol–water partition coefficient (Wildman–Crippen LogP) is 14.1. The largest absolute Gasteiger partial charge is 0.454 e. The number of rotatable bonds is 5. The lowest BCUT2D eigenvalue weighted by Crippen LogP contribution is -2.11. The SMILES string of the molecule is c1ccc2c(-c3ccc(N(c4ccc(-n5c6ccccc6c6ccccc65)c5ccccc45)c4cccc5c4oc4ccccc45)cc3)cccc2c1. The van der Waals surface area contributed by atoms with Gasteiger partial charge in [-0.2, -0.15) is 0 Å². The van der Waals surface area contributed by atoms with Crippen LogP contribution in [0.25, 0.3) is 82.1 Å². The van der Waals surface area contributed by atoms with Gasteiger partial charge in [0.15, 0.2) is 5.58 Å². The minimum Gasteiger partial charge on any atom is -0.454 e. The second kappa shape index (κ2) is 11.7. The fourth-order valence-corrected chi connectivity index (χ4v) is 8.42. The van der Waals surface area contributed by atoms with Gasteiger partial charge in [-0.05, 0) is 70.4 Å². The number of anilines is 3. The third kappa shape index (κ3) is 4.54. The molecule has 0 aliphatic heterocycles. The van der Waals surface area contributed by atoms with Crippen molar-refractivity contribution in [2.75, 3.05) is 4.90 Å². The van der Waals surface area contributed by atoms with Crippen molar-refractivity contribution >= 4 is 82.4 Å². The van der Waals surface area contributed by atoms with Crippen LogP contribution in [0.4, 0.5) is 17.1 Å². The number of hydrogen-bond acceptors (Lipinski definition) is 2. The molecule has 0 saturated heterocycles. The second-order valence-corrected chi connectivity index (χ2v) is 13.7. The molecule has 0 fully saturated rings. The Hall–Kier alpha value is -7.10. The van der Waals surface area contributed by atoms with E-state index in [4.69, 9.17) is 4.42 Å². The molecule has 2 aromatic heterocycles. The van der Waals surface area contributed by atoms with Gasteiger partial charge in [0, 0.05) is 38.0 Å². The first-order valence-corrected chi connectivity index (χ1v) is 18.1. The zero-order valence-electron chi connectivity index (χ0n) is 28.8. The van der Waals surface area contributed by atoms with E-state index in [1.54, 1.807) is 0 Å². The van der Waals surface area contributed by atoms with Gasteiger partial charge in [-0.1, -0.05) is 146 Å². The lowest BCUT2D eigenvalue weighted by molar-refractivity contribution is 0.669. The standard InChI is InChI=1S/C50H32N2O/c1-2-15-36-33(13-1)14-11-21-37(36)34-27-29-35(30-28-34)51(48-25-12-22-43-42-20-7-10-26-49(42)53-50(43)48)46-31-32-47(41-17-4-3-16-40(41)46)52-44-23-8-5-18-38(44)39-19-6-9-24-45(39)52/h1-32H. The molecule has 0 bridgehead atoms. The quantitative estimate of drug-likeness (QED) is 0.181. The van der Waals surface area contributed by atoms with Gasteiger partial charge in [0.25, 0.3) is 0 Å². The topological polar surface area (TPSA) is 21.3 Å². The Balaban J connectivity index is 1.16. The summed E-state index contributed by atoms with van der Waals surface area (Å²) in [5.74, 6) is 0. The molecule has 0 saturated carbocycles. The van der Waals surface area contributed by atoms with Crippen LogP contribution in [0.1, 0.15) is 0 Å². The van der Waals surface area contributed by atoms with Gasteiger partial charge in [-0.3, -0.25) is 0 Å². The van der Waals surface area contributed by atoms with Crippen LogP contribution in [-0.4, -0.2) is 4.57 Å². The summed E-state index contributed by atoms with van der Waals surface area (Å²) < 4.78 is 9.11. The van der Waals surface area contributed by atoms with Crippen molar-refractivity contribution in [1.29, 1.82) is 0 Å². The third-order valence-electron chi connectivity index (χ3n) is 10.8. The molecule has 11 aromatic rings. The lowest BCUT2D eigenvalue weighted by atomic mass is 9.98. The molecule has 0 unspecified atom stereocenters. The first-order valence-electron chi connectivity index (χ1n) is 18.1. The van der Waals surface area contributed by atoms with Crippen LogP contribution in [-0.2, 0) is 0 Å². The second-order valence-electron chi connectivity index (χ2n) is 13.7. The highest BCUT2D eigenvalue weighted by molar-refractivity contribution is 6.14. The minimum absolute atomic E-state index is 0.863. The molecular weight excluding hydrogens is 645 g/mol. The number of aromatic nitrogens is 1. The number of benzene rings is 9. The Bertz CT molecular complexity index is 3130. The minimum atomic E-state index is 0.863. The molecule has 11 rings (SSSR count). The van der Waals surface area contributed by atoms with Crippen LogP contribution in [0.15, 0.2) is 199 Å². The summed E-state index contributed by atoms with van der Waals surface area (Å²) in [6, 6.07) is 69.7. The van der Waals surface area contributed by atoms with Crippen molar-refractivity contribution in [3.63, 3.8) is 0 Å². The van der Waals surface area contributed by atoms with E-state index in [1.807, 2.05) is 6.07 Å². The molecule has 0 N–H and O–H groups in total. The molecule has 0 radical (unpaired) electrons. The summed E-state index contributed by atoms with van der Waals surface area (Å²) >= 11 is 0. The lowest BCUT2D eigenvalue weighted by Gasteiger charge is -2.28. The maximum Gasteiger partial charge on any atom is 0.159 e. The zero-order chi connectivity index (χ0) is 34.9. The van der Waals surface area contributed by atoms with Crippen molar-refractivity contribution in [3.8, 4) is 16.8 Å². The highest BCUT2D eigenvalue weighted by Crippen LogP contribution is 2.46. The first-order chi connectivity index (χ1) is 26.3. The summed E-state index contributed by atoms with van der Waals surface area (Å²) in [4.78, 5) is 2.37. The van der Waals surface area contributed by atoms with Crippen LogP contribution < -0.4 is 4.90 Å². The molecule has 9 aromatic carbocycles. The monoisotopic (exact) mass is 676 g/mol. The van der Waals surface area contributed by atoms with E-state index in [1.165, 1.54) is 49.1 Å². The van der Waals surface area contributed by atoms with Crippen molar-refractivity contribution in [1.82, 2.24) is 4.57 Å². The highest BCUT2D eigenvalue weighted by atomic mass is 16.3. The summed E-state index contributed by atoms with van der Waals surface area (Å²) in [6.07, 6.45) is 0. The summed E-state index contributed by atoms with van der Waals surface area (Å²) in [6.45, 7) is 0. The molecule has 0 aliphatic rings. The van der Waals surface area contributed by atoms with Gasteiger partial charge in [-0.15, -0.1) is 0 Å². The van der Waals surface area contributed by atoms with Gasteiger partial charge in [0.2, 0.25) is 0 Å². The van der Waals surface area contributed by atoms with Crippen molar-refractivity contribution < 1.29 is 4.42 Å². The summed E-state index contributed by atoms with van der Waals surface area (Å²) in [7, 11) is 0. The van der Waals surface area contributed by atoms with Crippen LogP contribution in [0.3, 0.4) is 0 Å². The summed E-state index contributed by atoms with van der Waals surface area (Å²) in [5, 5.41) is 9.52. The molecule has 53 heavy (non-hydrogen) atoms. The Kier molecular flexibility index (Phi) is 6.55. The van der Waals surface area contributed by atoms with E-state index in [0.29, 0.717) is 0 Å². The van der Waals surface area contributed by atoms with Gasteiger partial charge < -0.3 is 13.9 Å². The van der Waals surface area contributed by atoms with Crippen LogP contribution in [0, 0.1) is 0 Å². The zero-order valence-corrected chi connectivity index (χ0v) is 28.8. The number of para-hydroxylation sites is 4. The van der Waals surface area contributed by atoms with E-state index in [0.717, 1.165) is 50.1 Å². The number of furan rings is 1. The van der Waals surface area contributed by atoms with Crippen molar-refractivity contribution in [2.45, 2.75) is 0 Å². The molecule has 2 heterocycles. The summed E-state index contributed by atoms with van der Waals surface area (Å²) in [5.41, 5.74) is 10.8. The average Bonchev–Trinajstić information content (AvgIpc) is 3.78. The fraction of sp³-hybridized carbons (Fsp3) is 0. The highest BCUT2D eigenvalue weighted by Gasteiger charge is 2.23. The Morgan fingerprint density at radius 3 is 1.74 bits per heavy atom. The molecular formula is C50H32N2O. The van der Waals surface area contributed by atoms with Crippen molar-refractivity contribution in [2.24, 2.45) is 0 Å². The smallest absolute Gasteiger partial charge is 0.159 e. The van der Waals surface area contributed by atoms with E-state index in [-0.39, 0.29) is 0 Å². The molecule has 3 nitrogen and oxygen atoms in total. The van der Waals surface area contributed by atoms with E-state index in [2.05, 4.69) is 198 Å². The van der Waals surface area contributed by atoms with E-state index < -0.39 is 0 Å². The molecule has 248 valence electrons. The maximum atomic E-state index is 6.69. The van der Waals surface area contributed by atoms with Crippen LogP contribution in [0.5, 0.6) is 0 Å². The number of fused-ring (bicyclic) bond motifs is 8. The fourth-order valence-electron chi connectivity index (χ4n) is 8.42. The molecule has 3 heteroatoms. The molecule has 0 spiro atoms. The number of hydrogen-bond donors (Lipinski definition) is 0. The normalized spacial score (nSPS) is 11.8. The number of nitrogens with zero attached hydrogens (tertiary/aromatic N) is 2. The van der Waals surface area contributed by atoms with Gasteiger partial charge in [0.05, 0.1) is 28.1 Å². The molecule has 0 aliphatic carbocycles. The van der Waals surface area contributed by atoms with Crippen LogP contribution in [0.2, 0.25) is 0 Å². The Labute approximate surface area is 306 Å². The predicted molar refractivity (Wildman–Crippen MR) is 223 cm³/mol. The molecule has 0 atom stereocenters. The van der Waals surface area contributed by atoms with Gasteiger partial charge in [-0.25, -0.2) is 0 Å². The first kappa shape index (κ1) is 29.6. The van der Waals surface area contributed by atoms with Gasteiger partial charge in [0.1, 0.15) is 5.58 Å². The Morgan fingerprint density at radius 2 is 0.962 bits per heavy atom. The molecule has 0 amide bonds.